The number of alkyl carbamates (subject to hydrolysis) is 1. The summed E-state index contributed by atoms with van der Waals surface area (Å²) in [6.45, 7) is 2.39. The molecule has 13 nitrogen and oxygen atoms in total. The Labute approximate surface area is 293 Å². The van der Waals surface area contributed by atoms with Gasteiger partial charge in [-0.1, -0.05) is 62.7 Å². The molecule has 2 aromatic carbocycles. The molecular formula is C32H34ClF5N10O3. The Hall–Kier alpha value is -4.68. The molecule has 3 atom stereocenters. The predicted molar refractivity (Wildman–Crippen MR) is 172 cm³/mol. The minimum atomic E-state index is -4.68. The van der Waals surface area contributed by atoms with Crippen molar-refractivity contribution in [1.29, 1.82) is 0 Å². The summed E-state index contributed by atoms with van der Waals surface area (Å²) in [5, 5.41) is 22.9. The van der Waals surface area contributed by atoms with Crippen molar-refractivity contribution in [2.24, 2.45) is 11.1 Å². The van der Waals surface area contributed by atoms with E-state index in [-0.39, 0.29) is 30.1 Å². The SMILES string of the molecule is CC(C)(C)C[C@]1(c2ccc(-c3cnn(C(F)F)c3)cc2)NC(N)N([C@H](COC(=O)NC2(C(F)(F)F)CC2)c2ccc(Cl)c(-c3nn[nH]n3)c2)C1=O. The topological polar surface area (TPSA) is 169 Å². The summed E-state index contributed by atoms with van der Waals surface area (Å²) in [6.07, 6.45) is -5.02. The lowest BCUT2D eigenvalue weighted by molar-refractivity contribution is -0.164. The molecule has 1 saturated carbocycles. The summed E-state index contributed by atoms with van der Waals surface area (Å²) in [7, 11) is 0. The predicted octanol–water partition coefficient (Wildman–Crippen LogP) is 5.65. The third kappa shape index (κ3) is 7.12. The lowest BCUT2D eigenvalue weighted by Crippen LogP contribution is -2.50. The standard InChI is InChI=1S/C32H34ClF5N10O3/c1-29(2,3)16-31(20-7-4-17(5-8-20)19-13-40-47(14-19)26(34)35)25(49)48(27(39)41-31)23(15-51-28(50)42-30(10-11-30)32(36,37)38)18-6-9-22(33)21(12-18)24-43-45-46-44-24/h4-9,12-14,23,26-27,41H,10-11,15-16,39H2,1-3H3,(H,42,50)(H,43,44,45,46)/t23-,27?,31-/m1/s1. The quantitative estimate of drug-likeness (QED) is 0.151. The Morgan fingerprint density at radius 1 is 1.14 bits per heavy atom. The van der Waals surface area contributed by atoms with E-state index in [2.05, 4.69) is 31.0 Å². The van der Waals surface area contributed by atoms with Gasteiger partial charge in [-0.05, 0) is 58.7 Å². The number of hydrogen-bond acceptors (Lipinski definition) is 9. The fourth-order valence-corrected chi connectivity index (χ4v) is 6.56. The molecule has 1 saturated heterocycles. The number of amides is 2. The second-order valence-electron chi connectivity index (χ2n) is 13.8. The highest BCUT2D eigenvalue weighted by atomic mass is 35.5. The zero-order valence-corrected chi connectivity index (χ0v) is 28.3. The fraction of sp³-hybridized carbons (Fsp3) is 0.438. The van der Waals surface area contributed by atoms with Crippen LogP contribution in [0.4, 0.5) is 26.7 Å². The van der Waals surface area contributed by atoms with Crippen LogP contribution in [0.3, 0.4) is 0 Å². The second-order valence-corrected chi connectivity index (χ2v) is 14.2. The van der Waals surface area contributed by atoms with Crippen LogP contribution in [0.2, 0.25) is 5.02 Å². The monoisotopic (exact) mass is 736 g/mol. The second kappa shape index (κ2) is 13.1. The van der Waals surface area contributed by atoms with Crippen molar-refractivity contribution in [2.75, 3.05) is 6.61 Å². The van der Waals surface area contributed by atoms with E-state index >= 15 is 0 Å². The number of H-pyrrole nitrogens is 1. The van der Waals surface area contributed by atoms with Crippen LogP contribution in [0.25, 0.3) is 22.5 Å². The number of hydrogen-bond donors (Lipinski definition) is 4. The smallest absolute Gasteiger partial charge is 0.411 e. The van der Waals surface area contributed by atoms with Crippen LogP contribution in [0, 0.1) is 5.41 Å². The Balaban J connectivity index is 1.37. The van der Waals surface area contributed by atoms with Crippen LogP contribution >= 0.6 is 11.6 Å². The highest BCUT2D eigenvalue weighted by molar-refractivity contribution is 6.33. The molecule has 4 aromatic rings. The number of nitrogens with one attached hydrogen (secondary N) is 3. The van der Waals surface area contributed by atoms with Gasteiger partial charge in [-0.15, -0.1) is 10.2 Å². The van der Waals surface area contributed by atoms with Crippen molar-refractivity contribution in [3.63, 3.8) is 0 Å². The molecule has 0 spiro atoms. The Morgan fingerprint density at radius 2 is 1.84 bits per heavy atom. The summed E-state index contributed by atoms with van der Waals surface area (Å²) in [5.74, 6) is -0.390. The van der Waals surface area contributed by atoms with Gasteiger partial charge in [0.25, 0.3) is 5.91 Å². The number of aromatic nitrogens is 6. The van der Waals surface area contributed by atoms with Gasteiger partial charge in [0.15, 0.2) is 0 Å². The van der Waals surface area contributed by atoms with Gasteiger partial charge in [0.1, 0.15) is 24.0 Å². The van der Waals surface area contributed by atoms with E-state index in [0.29, 0.717) is 32.5 Å². The number of carbonyl (C=O) groups excluding carboxylic acids is 2. The Kier molecular flexibility index (Phi) is 9.30. The summed E-state index contributed by atoms with van der Waals surface area (Å²) in [4.78, 5) is 29.0. The molecule has 51 heavy (non-hydrogen) atoms. The van der Waals surface area contributed by atoms with Crippen molar-refractivity contribution in [3.05, 3.63) is 71.0 Å². The van der Waals surface area contributed by atoms with E-state index in [1.165, 1.54) is 23.4 Å². The minimum absolute atomic E-state index is 0.122. The molecule has 1 unspecified atom stereocenters. The average Bonchev–Trinajstić information content (AvgIpc) is 3.38. The molecule has 2 amide bonds. The van der Waals surface area contributed by atoms with Crippen LogP contribution in [-0.4, -0.2) is 71.9 Å². The first-order chi connectivity index (χ1) is 23.9. The zero-order chi connectivity index (χ0) is 36.9. The van der Waals surface area contributed by atoms with Gasteiger partial charge in [-0.25, -0.2) is 9.48 Å². The average molecular weight is 737 g/mol. The molecule has 1 aliphatic carbocycles. The van der Waals surface area contributed by atoms with E-state index in [1.807, 2.05) is 26.1 Å². The van der Waals surface area contributed by atoms with Crippen LogP contribution < -0.4 is 16.4 Å². The number of benzene rings is 2. The highest BCUT2D eigenvalue weighted by Crippen LogP contribution is 2.49. The Morgan fingerprint density at radius 3 is 2.41 bits per heavy atom. The number of ether oxygens (including phenoxy) is 1. The number of nitrogens with zero attached hydrogens (tertiary/aromatic N) is 6. The summed E-state index contributed by atoms with van der Waals surface area (Å²) in [5.41, 5.74) is 4.56. The first-order valence-electron chi connectivity index (χ1n) is 15.8. The molecule has 2 aromatic heterocycles. The van der Waals surface area contributed by atoms with Gasteiger partial charge in [-0.3, -0.25) is 15.8 Å². The number of alkyl halides is 5. The van der Waals surface area contributed by atoms with Gasteiger partial charge in [0.05, 0.1) is 17.3 Å². The summed E-state index contributed by atoms with van der Waals surface area (Å²) >= 11 is 6.45. The van der Waals surface area contributed by atoms with Gasteiger partial charge < -0.3 is 15.0 Å². The Bertz CT molecular complexity index is 1890. The van der Waals surface area contributed by atoms with Crippen LogP contribution in [0.15, 0.2) is 54.9 Å². The molecule has 272 valence electrons. The maximum Gasteiger partial charge on any atom is 0.411 e. The number of tetrazole rings is 1. The van der Waals surface area contributed by atoms with E-state index in [1.54, 1.807) is 36.4 Å². The molecule has 3 heterocycles. The number of carbonyl (C=O) groups is 2. The maximum absolute atomic E-state index is 14.9. The molecule has 5 N–H and O–H groups in total. The van der Waals surface area contributed by atoms with E-state index < -0.39 is 60.2 Å². The van der Waals surface area contributed by atoms with Gasteiger partial charge >= 0.3 is 18.8 Å². The van der Waals surface area contributed by atoms with Crippen LogP contribution in [0.5, 0.6) is 0 Å². The molecule has 0 bridgehead atoms. The fourth-order valence-electron chi connectivity index (χ4n) is 6.36. The van der Waals surface area contributed by atoms with E-state index in [0.717, 1.165) is 0 Å². The zero-order valence-electron chi connectivity index (χ0n) is 27.5. The highest BCUT2D eigenvalue weighted by Gasteiger charge is 2.64. The van der Waals surface area contributed by atoms with Crippen molar-refractivity contribution >= 4 is 23.6 Å². The maximum atomic E-state index is 14.9. The molecule has 6 rings (SSSR count). The number of rotatable bonds is 10. The van der Waals surface area contributed by atoms with Crippen molar-refractivity contribution in [1.82, 2.24) is 45.9 Å². The number of aromatic amines is 1. The van der Waals surface area contributed by atoms with E-state index in [4.69, 9.17) is 22.1 Å². The van der Waals surface area contributed by atoms with Crippen molar-refractivity contribution in [3.8, 4) is 22.5 Å². The third-order valence-electron chi connectivity index (χ3n) is 8.91. The molecule has 2 aliphatic rings. The first-order valence-corrected chi connectivity index (χ1v) is 16.2. The molecular weight excluding hydrogens is 703 g/mol. The van der Waals surface area contributed by atoms with Gasteiger partial charge in [0, 0.05) is 17.3 Å². The molecule has 1 aliphatic heterocycles. The van der Waals surface area contributed by atoms with Crippen molar-refractivity contribution in [2.45, 2.75) is 76.2 Å². The van der Waals surface area contributed by atoms with Gasteiger partial charge in [-0.2, -0.15) is 32.3 Å². The summed E-state index contributed by atoms with van der Waals surface area (Å²) in [6, 6.07) is 10.2. The minimum Gasteiger partial charge on any atom is -0.447 e. The largest absolute Gasteiger partial charge is 0.447 e. The third-order valence-corrected chi connectivity index (χ3v) is 9.23. The van der Waals surface area contributed by atoms with Crippen LogP contribution in [-0.2, 0) is 15.1 Å². The first kappa shape index (κ1) is 36.1. The summed E-state index contributed by atoms with van der Waals surface area (Å²) < 4.78 is 73.0. The number of nitrogens with two attached hydrogens (primary N) is 1. The molecule has 2 fully saturated rings. The van der Waals surface area contributed by atoms with Gasteiger partial charge in [0.2, 0.25) is 5.82 Å². The number of halogens is 6. The lowest BCUT2D eigenvalue weighted by Gasteiger charge is -2.35. The lowest BCUT2D eigenvalue weighted by atomic mass is 9.75. The van der Waals surface area contributed by atoms with E-state index in [9.17, 15) is 31.5 Å². The molecule has 0 radical (unpaired) electrons. The van der Waals surface area contributed by atoms with Crippen molar-refractivity contribution < 1.29 is 36.3 Å². The normalized spacial score (nSPS) is 20.9. The molecule has 19 heteroatoms. The van der Waals surface area contributed by atoms with Crippen LogP contribution in [0.1, 0.15) is 63.8 Å².